The van der Waals surface area contributed by atoms with E-state index in [0.717, 1.165) is 15.9 Å². The lowest BCUT2D eigenvalue weighted by molar-refractivity contribution is -0.119. The first-order valence-electron chi connectivity index (χ1n) is 6.73. The summed E-state index contributed by atoms with van der Waals surface area (Å²) < 4.78 is 0.987. The summed E-state index contributed by atoms with van der Waals surface area (Å²) in [4.78, 5) is 17.8. The van der Waals surface area contributed by atoms with E-state index in [0.29, 0.717) is 5.11 Å². The van der Waals surface area contributed by atoms with Crippen molar-refractivity contribution in [3.8, 4) is 0 Å². The number of benzene rings is 1. The Bertz CT molecular complexity index is 732. The number of amides is 1. The number of carbonyl (C=O) groups excluding carboxylic acids is 1. The number of halogens is 1. The molecule has 2 atom stereocenters. The topological polar surface area (TPSA) is 23.6 Å². The fourth-order valence-corrected chi connectivity index (χ4v) is 5.92. The zero-order valence-corrected chi connectivity index (χ0v) is 15.3. The van der Waals surface area contributed by atoms with Crippen LogP contribution in [0.25, 0.3) is 0 Å². The van der Waals surface area contributed by atoms with Crippen molar-refractivity contribution in [3.63, 3.8) is 0 Å². The monoisotopic (exact) mass is 410 g/mol. The third-order valence-corrected chi connectivity index (χ3v) is 7.09. The molecule has 1 aromatic heterocycles. The molecule has 0 N–H and O–H groups in total. The third kappa shape index (κ3) is 2.22. The second kappa shape index (κ2) is 5.63. The Morgan fingerprint density at radius 3 is 2.68 bits per heavy atom. The minimum absolute atomic E-state index is 0.0823. The highest BCUT2D eigenvalue weighted by molar-refractivity contribution is 9.10. The van der Waals surface area contributed by atoms with E-state index in [1.165, 1.54) is 4.88 Å². The molecule has 2 aliphatic rings. The Labute approximate surface area is 150 Å². The van der Waals surface area contributed by atoms with Gasteiger partial charge in [-0.2, -0.15) is 0 Å². The number of anilines is 1. The summed E-state index contributed by atoms with van der Waals surface area (Å²) >= 11 is 12.6. The first-order valence-corrected chi connectivity index (χ1v) is 9.86. The van der Waals surface area contributed by atoms with Crippen molar-refractivity contribution in [3.05, 3.63) is 51.1 Å². The van der Waals surface area contributed by atoms with Crippen LogP contribution >= 0.6 is 51.2 Å². The van der Waals surface area contributed by atoms with Gasteiger partial charge in [0.05, 0.1) is 5.69 Å². The van der Waals surface area contributed by atoms with E-state index in [9.17, 15) is 4.79 Å². The summed E-state index contributed by atoms with van der Waals surface area (Å²) in [6, 6.07) is 11.7. The highest BCUT2D eigenvalue weighted by Gasteiger charge is 2.51. The van der Waals surface area contributed by atoms with E-state index in [1.54, 1.807) is 28.0 Å². The minimum atomic E-state index is -0.145. The van der Waals surface area contributed by atoms with Crippen molar-refractivity contribution in [2.75, 3.05) is 10.7 Å². The summed E-state index contributed by atoms with van der Waals surface area (Å²) in [6.07, 6.45) is 0. The van der Waals surface area contributed by atoms with E-state index < -0.39 is 0 Å². The van der Waals surface area contributed by atoms with E-state index in [1.807, 2.05) is 30.3 Å². The van der Waals surface area contributed by atoms with Gasteiger partial charge in [0.2, 0.25) is 0 Å². The Morgan fingerprint density at radius 2 is 2.00 bits per heavy atom. The van der Waals surface area contributed by atoms with Crippen molar-refractivity contribution >= 4 is 68.0 Å². The second-order valence-corrected chi connectivity index (χ2v) is 8.43. The zero-order valence-electron chi connectivity index (χ0n) is 11.3. The van der Waals surface area contributed by atoms with Gasteiger partial charge in [-0.25, -0.2) is 0 Å². The summed E-state index contributed by atoms with van der Waals surface area (Å²) in [7, 11) is 0. The molecule has 2 fully saturated rings. The molecule has 1 amide bonds. The number of carbonyl (C=O) groups is 1. The summed E-state index contributed by atoms with van der Waals surface area (Å²) in [5.41, 5.74) is 0.836. The smallest absolute Gasteiger partial charge is 0.257 e. The number of fused-ring (bicyclic) bond motifs is 1. The maximum absolute atomic E-state index is 12.8. The van der Waals surface area contributed by atoms with Crippen LogP contribution < -0.4 is 4.90 Å². The van der Waals surface area contributed by atoms with Crippen LogP contribution in [-0.4, -0.2) is 27.7 Å². The highest BCUT2D eigenvalue weighted by Crippen LogP contribution is 2.47. The van der Waals surface area contributed by atoms with Crippen LogP contribution in [-0.2, 0) is 4.79 Å². The molecular formula is C15H11BrN2OS3. The predicted octanol–water partition coefficient (Wildman–Crippen LogP) is 4.26. The van der Waals surface area contributed by atoms with E-state index in [4.69, 9.17) is 12.2 Å². The molecule has 7 heteroatoms. The van der Waals surface area contributed by atoms with Gasteiger partial charge in [-0.15, -0.1) is 23.1 Å². The lowest BCUT2D eigenvalue weighted by Gasteiger charge is -2.24. The molecule has 3 heterocycles. The fourth-order valence-electron chi connectivity index (χ4n) is 2.77. The summed E-state index contributed by atoms with van der Waals surface area (Å²) in [6.45, 7) is 0. The van der Waals surface area contributed by atoms with E-state index in [-0.39, 0.29) is 17.3 Å². The predicted molar refractivity (Wildman–Crippen MR) is 99.4 cm³/mol. The van der Waals surface area contributed by atoms with Gasteiger partial charge in [-0.3, -0.25) is 9.69 Å². The van der Waals surface area contributed by atoms with Crippen LogP contribution in [0.4, 0.5) is 5.69 Å². The number of thiophene rings is 1. The quantitative estimate of drug-likeness (QED) is 0.690. The van der Waals surface area contributed by atoms with Crippen molar-refractivity contribution in [2.24, 2.45) is 0 Å². The Hall–Kier alpha value is -0.890. The number of thiocarbonyl (C=S) groups is 1. The van der Waals surface area contributed by atoms with Gasteiger partial charge in [-0.1, -0.05) is 22.0 Å². The molecule has 0 aliphatic carbocycles. The van der Waals surface area contributed by atoms with Gasteiger partial charge in [0.1, 0.15) is 11.4 Å². The van der Waals surface area contributed by atoms with Gasteiger partial charge < -0.3 is 4.90 Å². The first-order chi connectivity index (χ1) is 10.7. The van der Waals surface area contributed by atoms with Gasteiger partial charge >= 0.3 is 0 Å². The molecule has 112 valence electrons. The normalized spacial score (nSPS) is 24.2. The number of hydrogen-bond acceptors (Lipinski definition) is 4. The van der Waals surface area contributed by atoms with Crippen molar-refractivity contribution in [2.45, 2.75) is 11.4 Å². The molecule has 0 saturated carbocycles. The van der Waals surface area contributed by atoms with Crippen LogP contribution in [0.1, 0.15) is 10.3 Å². The molecule has 1 aromatic carbocycles. The lowest BCUT2D eigenvalue weighted by atomic mass is 10.2. The Kier molecular flexibility index (Phi) is 3.76. The Morgan fingerprint density at radius 1 is 1.23 bits per heavy atom. The van der Waals surface area contributed by atoms with Gasteiger partial charge in [0.25, 0.3) is 5.91 Å². The first kappa shape index (κ1) is 14.7. The average Bonchev–Trinajstić information content (AvgIpc) is 3.21. The summed E-state index contributed by atoms with van der Waals surface area (Å²) in [5.74, 6) is 0.869. The zero-order chi connectivity index (χ0) is 15.3. The molecule has 0 bridgehead atoms. The molecule has 2 aromatic rings. The van der Waals surface area contributed by atoms with Gasteiger partial charge in [-0.05, 0) is 47.9 Å². The van der Waals surface area contributed by atoms with Gasteiger partial charge in [0.15, 0.2) is 5.11 Å². The fraction of sp³-hybridized carbons (Fsp3) is 0.200. The Balaban J connectivity index is 1.69. The number of nitrogens with zero attached hydrogens (tertiary/aromatic N) is 2. The van der Waals surface area contributed by atoms with Crippen LogP contribution in [0.15, 0.2) is 46.3 Å². The van der Waals surface area contributed by atoms with E-state index >= 15 is 0 Å². The number of rotatable bonds is 2. The van der Waals surface area contributed by atoms with Crippen molar-refractivity contribution in [1.82, 2.24) is 4.90 Å². The molecule has 2 aliphatic heterocycles. The molecule has 22 heavy (non-hydrogen) atoms. The average molecular weight is 411 g/mol. The molecule has 2 unspecified atom stereocenters. The third-order valence-electron chi connectivity index (χ3n) is 3.79. The lowest BCUT2D eigenvalue weighted by Crippen LogP contribution is -2.33. The molecule has 4 rings (SSSR count). The van der Waals surface area contributed by atoms with Crippen LogP contribution in [0.2, 0.25) is 0 Å². The maximum Gasteiger partial charge on any atom is 0.257 e. The molecular weight excluding hydrogens is 400 g/mol. The largest absolute Gasteiger partial charge is 0.319 e. The maximum atomic E-state index is 12.8. The number of thioether (sulfide) groups is 1. The molecule has 3 nitrogen and oxygen atoms in total. The van der Waals surface area contributed by atoms with Gasteiger partial charge in [0, 0.05) is 15.1 Å². The molecule has 2 saturated heterocycles. The van der Waals surface area contributed by atoms with Crippen molar-refractivity contribution in [1.29, 1.82) is 0 Å². The SMILES string of the molecule is O=C1C2CSC(c3cccs3)N2C(=S)N1c1ccc(Br)cc1. The van der Waals surface area contributed by atoms with Crippen LogP contribution in [0.3, 0.4) is 0 Å². The highest BCUT2D eigenvalue weighted by atomic mass is 79.9. The molecule has 0 spiro atoms. The van der Waals surface area contributed by atoms with Crippen molar-refractivity contribution < 1.29 is 4.79 Å². The number of hydrogen-bond donors (Lipinski definition) is 0. The van der Waals surface area contributed by atoms with Crippen LogP contribution in [0, 0.1) is 0 Å². The second-order valence-electron chi connectivity index (χ2n) is 5.06. The summed E-state index contributed by atoms with van der Waals surface area (Å²) in [5, 5.41) is 2.83. The van der Waals surface area contributed by atoms with Crippen LogP contribution in [0.5, 0.6) is 0 Å². The minimum Gasteiger partial charge on any atom is -0.319 e. The molecule has 0 radical (unpaired) electrons. The van der Waals surface area contributed by atoms with E-state index in [2.05, 4.69) is 32.3 Å². The standard InChI is InChI=1S/C15H11BrN2OS3/c16-9-3-5-10(6-4-9)17-13(19)11-8-22-14(18(11)15(17)20)12-2-1-7-21-12/h1-7,11,14H,8H2.